The average molecular weight is 290 g/mol. The molecule has 0 unspecified atom stereocenters. The molecule has 2 aliphatic rings. The van der Waals surface area contributed by atoms with Crippen LogP contribution in [-0.2, 0) is 9.53 Å². The minimum Gasteiger partial charge on any atom is -0.491 e. The van der Waals surface area contributed by atoms with E-state index in [2.05, 4.69) is 17.6 Å². The highest BCUT2D eigenvalue weighted by Crippen LogP contribution is 2.40. The Morgan fingerprint density at radius 2 is 2.14 bits per heavy atom. The largest absolute Gasteiger partial charge is 0.491 e. The number of rotatable bonds is 3. The third-order valence-corrected chi connectivity index (χ3v) is 4.28. The molecule has 2 N–H and O–H groups in total. The molecular formula is C16H22N2O3. The minimum absolute atomic E-state index is 0.0737. The predicted octanol–water partition coefficient (Wildman–Crippen LogP) is 2.64. The van der Waals surface area contributed by atoms with Gasteiger partial charge in [-0.15, -0.1) is 0 Å². The van der Waals surface area contributed by atoms with E-state index in [4.69, 9.17) is 9.47 Å². The van der Waals surface area contributed by atoms with Crippen LogP contribution in [0.2, 0.25) is 0 Å². The number of carbonyl (C=O) groups is 1. The summed E-state index contributed by atoms with van der Waals surface area (Å²) in [6.07, 6.45) is 2.45. The van der Waals surface area contributed by atoms with E-state index in [9.17, 15) is 4.79 Å². The molecule has 21 heavy (non-hydrogen) atoms. The van der Waals surface area contributed by atoms with Gasteiger partial charge in [0, 0.05) is 19.8 Å². The van der Waals surface area contributed by atoms with Crippen molar-refractivity contribution in [1.29, 1.82) is 0 Å². The van der Waals surface area contributed by atoms with Crippen molar-refractivity contribution in [3.63, 3.8) is 0 Å². The maximum atomic E-state index is 12.7. The Labute approximate surface area is 125 Å². The second-order valence-electron chi connectivity index (χ2n) is 5.73. The Morgan fingerprint density at radius 3 is 2.90 bits per heavy atom. The van der Waals surface area contributed by atoms with Crippen LogP contribution in [0.5, 0.6) is 5.75 Å². The number of amides is 1. The van der Waals surface area contributed by atoms with E-state index < -0.39 is 0 Å². The van der Waals surface area contributed by atoms with Gasteiger partial charge >= 0.3 is 0 Å². The molecule has 2 heterocycles. The third-order valence-electron chi connectivity index (χ3n) is 4.28. The molecule has 1 amide bonds. The summed E-state index contributed by atoms with van der Waals surface area (Å²) in [5.41, 5.74) is 1.32. The SMILES string of the molecule is CCCOc1cccc2c1NC(=O)C1(CCOCC1)CN2. The number of nitrogens with one attached hydrogen (secondary N) is 2. The predicted molar refractivity (Wildman–Crippen MR) is 81.8 cm³/mol. The molecule has 0 radical (unpaired) electrons. The smallest absolute Gasteiger partial charge is 0.232 e. The van der Waals surface area contributed by atoms with Gasteiger partial charge in [-0.2, -0.15) is 0 Å². The number of hydrogen-bond donors (Lipinski definition) is 2. The van der Waals surface area contributed by atoms with Crippen molar-refractivity contribution in [2.75, 3.05) is 37.0 Å². The topological polar surface area (TPSA) is 59.6 Å². The third kappa shape index (κ3) is 2.70. The molecule has 1 saturated heterocycles. The molecule has 1 aromatic carbocycles. The molecule has 5 nitrogen and oxygen atoms in total. The molecule has 3 rings (SSSR count). The van der Waals surface area contributed by atoms with Crippen molar-refractivity contribution in [2.45, 2.75) is 26.2 Å². The van der Waals surface area contributed by atoms with E-state index in [1.54, 1.807) is 0 Å². The number of ether oxygens (including phenoxy) is 2. The van der Waals surface area contributed by atoms with Crippen LogP contribution in [0.15, 0.2) is 18.2 Å². The summed E-state index contributed by atoms with van der Waals surface area (Å²) in [6.45, 7) is 4.64. The van der Waals surface area contributed by atoms with Crippen LogP contribution in [-0.4, -0.2) is 32.3 Å². The van der Waals surface area contributed by atoms with Crippen molar-refractivity contribution in [2.24, 2.45) is 5.41 Å². The van der Waals surface area contributed by atoms with Crippen LogP contribution < -0.4 is 15.4 Å². The molecule has 0 bridgehead atoms. The summed E-state index contributed by atoms with van der Waals surface area (Å²) in [4.78, 5) is 12.7. The summed E-state index contributed by atoms with van der Waals surface area (Å²) in [5, 5.41) is 6.49. The standard InChI is InChI=1S/C16H22N2O3/c1-2-8-21-13-5-3-4-12-14(13)18-15(19)16(11-17-12)6-9-20-10-7-16/h3-5,17H,2,6-11H2,1H3,(H,18,19). The molecular weight excluding hydrogens is 268 g/mol. The van der Waals surface area contributed by atoms with Gasteiger partial charge in [0.1, 0.15) is 11.4 Å². The maximum Gasteiger partial charge on any atom is 0.232 e. The quantitative estimate of drug-likeness (QED) is 0.898. The summed E-state index contributed by atoms with van der Waals surface area (Å²) in [5.74, 6) is 0.809. The van der Waals surface area contributed by atoms with Crippen LogP contribution in [0.25, 0.3) is 0 Å². The first-order valence-corrected chi connectivity index (χ1v) is 7.64. The second-order valence-corrected chi connectivity index (χ2v) is 5.73. The van der Waals surface area contributed by atoms with Crippen molar-refractivity contribution < 1.29 is 14.3 Å². The molecule has 0 atom stereocenters. The van der Waals surface area contributed by atoms with Crippen LogP contribution in [0.3, 0.4) is 0 Å². The van der Waals surface area contributed by atoms with Gasteiger partial charge in [0.05, 0.1) is 17.7 Å². The van der Waals surface area contributed by atoms with E-state index in [0.717, 1.165) is 36.4 Å². The monoisotopic (exact) mass is 290 g/mol. The van der Waals surface area contributed by atoms with E-state index >= 15 is 0 Å². The highest BCUT2D eigenvalue weighted by atomic mass is 16.5. The zero-order valence-electron chi connectivity index (χ0n) is 12.4. The lowest BCUT2D eigenvalue weighted by atomic mass is 9.79. The van der Waals surface area contributed by atoms with Crippen molar-refractivity contribution in [3.8, 4) is 5.75 Å². The number of fused-ring (bicyclic) bond motifs is 1. The van der Waals surface area contributed by atoms with Crippen molar-refractivity contribution >= 4 is 17.3 Å². The number of carbonyl (C=O) groups excluding carboxylic acids is 1. The fourth-order valence-corrected chi connectivity index (χ4v) is 2.90. The molecule has 0 saturated carbocycles. The van der Waals surface area contributed by atoms with Gasteiger partial charge in [-0.25, -0.2) is 0 Å². The lowest BCUT2D eigenvalue weighted by Crippen LogP contribution is -2.44. The fraction of sp³-hybridized carbons (Fsp3) is 0.562. The number of benzene rings is 1. The second kappa shape index (κ2) is 5.93. The molecule has 1 aromatic rings. The Hall–Kier alpha value is -1.75. The Morgan fingerprint density at radius 1 is 1.33 bits per heavy atom. The Kier molecular flexibility index (Phi) is 4.01. The summed E-state index contributed by atoms with van der Waals surface area (Å²) >= 11 is 0. The van der Waals surface area contributed by atoms with E-state index in [0.29, 0.717) is 26.4 Å². The van der Waals surface area contributed by atoms with Crippen molar-refractivity contribution in [1.82, 2.24) is 0 Å². The van der Waals surface area contributed by atoms with Gasteiger partial charge in [-0.1, -0.05) is 13.0 Å². The minimum atomic E-state index is -0.376. The van der Waals surface area contributed by atoms with Gasteiger partial charge in [0.15, 0.2) is 0 Å². The maximum absolute atomic E-state index is 12.7. The zero-order chi connectivity index (χ0) is 14.7. The highest BCUT2D eigenvalue weighted by molar-refractivity contribution is 6.01. The molecule has 0 aliphatic carbocycles. The average Bonchev–Trinajstić information content (AvgIpc) is 2.65. The number of para-hydroxylation sites is 1. The first-order chi connectivity index (χ1) is 10.2. The summed E-state index contributed by atoms with van der Waals surface area (Å²) < 4.78 is 11.2. The fourth-order valence-electron chi connectivity index (χ4n) is 2.90. The number of anilines is 2. The zero-order valence-corrected chi connectivity index (χ0v) is 12.4. The van der Waals surface area contributed by atoms with E-state index in [1.165, 1.54) is 0 Å². The van der Waals surface area contributed by atoms with E-state index in [1.807, 2.05) is 18.2 Å². The lowest BCUT2D eigenvalue weighted by molar-refractivity contribution is -0.129. The first-order valence-electron chi connectivity index (χ1n) is 7.64. The normalized spacial score (nSPS) is 20.1. The first kappa shape index (κ1) is 14.2. The highest BCUT2D eigenvalue weighted by Gasteiger charge is 2.42. The van der Waals surface area contributed by atoms with E-state index in [-0.39, 0.29) is 11.3 Å². The van der Waals surface area contributed by atoms with Gasteiger partial charge in [-0.05, 0) is 31.4 Å². The summed E-state index contributed by atoms with van der Waals surface area (Å²) in [6, 6.07) is 5.83. The molecule has 114 valence electrons. The molecule has 1 fully saturated rings. The van der Waals surface area contributed by atoms with Crippen molar-refractivity contribution in [3.05, 3.63) is 18.2 Å². The molecule has 2 aliphatic heterocycles. The van der Waals surface area contributed by atoms with Crippen LogP contribution in [0, 0.1) is 5.41 Å². The van der Waals surface area contributed by atoms with Gasteiger partial charge in [-0.3, -0.25) is 4.79 Å². The Balaban J connectivity index is 1.88. The molecule has 0 aromatic heterocycles. The van der Waals surface area contributed by atoms with Gasteiger partial charge < -0.3 is 20.1 Å². The van der Waals surface area contributed by atoms with Crippen LogP contribution in [0.4, 0.5) is 11.4 Å². The van der Waals surface area contributed by atoms with Gasteiger partial charge in [0.25, 0.3) is 0 Å². The summed E-state index contributed by atoms with van der Waals surface area (Å²) in [7, 11) is 0. The van der Waals surface area contributed by atoms with Crippen LogP contribution >= 0.6 is 0 Å². The molecule has 1 spiro atoms. The van der Waals surface area contributed by atoms with Crippen LogP contribution in [0.1, 0.15) is 26.2 Å². The number of hydrogen-bond acceptors (Lipinski definition) is 4. The molecule has 5 heteroatoms. The lowest BCUT2D eigenvalue weighted by Gasteiger charge is -2.34. The Bertz CT molecular complexity index is 524. The van der Waals surface area contributed by atoms with Gasteiger partial charge in [0.2, 0.25) is 5.91 Å².